The SMILES string of the molecule is CCOc1ccc(-n2c(SCC(=O)c3ccc(Cl)cc3)nnc2-c2ccco2)cc1. The van der Waals surface area contributed by atoms with Gasteiger partial charge in [0.2, 0.25) is 5.82 Å². The lowest BCUT2D eigenvalue weighted by atomic mass is 10.1. The van der Waals surface area contributed by atoms with Crippen LogP contribution in [0.2, 0.25) is 5.02 Å². The van der Waals surface area contributed by atoms with Crippen LogP contribution in [-0.4, -0.2) is 32.9 Å². The minimum atomic E-state index is -0.0162. The quantitative estimate of drug-likeness (QED) is 0.264. The van der Waals surface area contributed by atoms with Crippen molar-refractivity contribution in [3.05, 3.63) is 77.5 Å². The number of hydrogen-bond acceptors (Lipinski definition) is 6. The van der Waals surface area contributed by atoms with Crippen LogP contribution in [0.15, 0.2) is 76.5 Å². The summed E-state index contributed by atoms with van der Waals surface area (Å²) < 4.78 is 12.9. The summed E-state index contributed by atoms with van der Waals surface area (Å²) in [5.74, 6) is 2.13. The van der Waals surface area contributed by atoms with Crippen molar-refractivity contribution < 1.29 is 13.9 Å². The molecule has 0 atom stereocenters. The third-order valence-electron chi connectivity index (χ3n) is 4.28. The van der Waals surface area contributed by atoms with Crippen LogP contribution in [0, 0.1) is 0 Å². The standard InChI is InChI=1S/C22H18ClN3O3S/c1-2-28-18-11-9-17(10-12-18)26-21(20-4-3-13-29-20)24-25-22(26)30-14-19(27)15-5-7-16(23)8-6-15/h3-13H,2,14H2,1H3. The van der Waals surface area contributed by atoms with Gasteiger partial charge in [-0.1, -0.05) is 23.4 Å². The van der Waals surface area contributed by atoms with E-state index in [1.54, 1.807) is 36.6 Å². The number of furan rings is 1. The normalized spacial score (nSPS) is 10.9. The van der Waals surface area contributed by atoms with Gasteiger partial charge in [0.1, 0.15) is 5.75 Å². The molecule has 0 aliphatic rings. The topological polar surface area (TPSA) is 70.2 Å². The van der Waals surface area contributed by atoms with Crippen LogP contribution in [0.4, 0.5) is 0 Å². The van der Waals surface area contributed by atoms with Gasteiger partial charge in [0, 0.05) is 10.6 Å². The number of carbonyl (C=O) groups is 1. The molecule has 0 fully saturated rings. The Balaban J connectivity index is 1.63. The number of carbonyl (C=O) groups excluding carboxylic acids is 1. The maximum absolute atomic E-state index is 12.6. The smallest absolute Gasteiger partial charge is 0.205 e. The van der Waals surface area contributed by atoms with E-state index in [1.165, 1.54) is 11.8 Å². The Morgan fingerprint density at radius 1 is 1.10 bits per heavy atom. The van der Waals surface area contributed by atoms with E-state index in [0.29, 0.717) is 33.9 Å². The highest BCUT2D eigenvalue weighted by Crippen LogP contribution is 2.29. The summed E-state index contributed by atoms with van der Waals surface area (Å²) in [4.78, 5) is 12.6. The van der Waals surface area contributed by atoms with Gasteiger partial charge in [-0.05, 0) is 67.6 Å². The molecule has 0 N–H and O–H groups in total. The monoisotopic (exact) mass is 439 g/mol. The second kappa shape index (κ2) is 9.19. The lowest BCUT2D eigenvalue weighted by Gasteiger charge is -2.10. The zero-order chi connectivity index (χ0) is 20.9. The van der Waals surface area contributed by atoms with E-state index in [0.717, 1.165) is 11.4 Å². The van der Waals surface area contributed by atoms with Gasteiger partial charge >= 0.3 is 0 Å². The molecule has 0 unspecified atom stereocenters. The Morgan fingerprint density at radius 3 is 2.53 bits per heavy atom. The number of ketones is 1. The molecule has 152 valence electrons. The highest BCUT2D eigenvalue weighted by atomic mass is 35.5. The molecule has 2 aromatic carbocycles. The Labute approximate surface area is 182 Å². The van der Waals surface area contributed by atoms with Crippen molar-refractivity contribution in [1.29, 1.82) is 0 Å². The fourth-order valence-corrected chi connectivity index (χ4v) is 3.84. The van der Waals surface area contributed by atoms with E-state index in [4.69, 9.17) is 20.8 Å². The number of halogens is 1. The molecule has 0 aliphatic carbocycles. The molecule has 4 aromatic rings. The van der Waals surface area contributed by atoms with Crippen molar-refractivity contribution in [2.75, 3.05) is 12.4 Å². The number of aromatic nitrogens is 3. The first-order valence-electron chi connectivity index (χ1n) is 9.30. The summed E-state index contributed by atoms with van der Waals surface area (Å²) >= 11 is 7.22. The van der Waals surface area contributed by atoms with Crippen LogP contribution in [0.5, 0.6) is 5.75 Å². The third-order valence-corrected chi connectivity index (χ3v) is 5.46. The second-order valence-electron chi connectivity index (χ2n) is 6.26. The molecule has 0 aliphatic heterocycles. The molecule has 2 aromatic heterocycles. The fraction of sp³-hybridized carbons (Fsp3) is 0.136. The van der Waals surface area contributed by atoms with Gasteiger partial charge in [-0.3, -0.25) is 9.36 Å². The van der Waals surface area contributed by atoms with E-state index in [-0.39, 0.29) is 11.5 Å². The predicted octanol–water partition coefficient (Wildman–Crippen LogP) is 5.55. The van der Waals surface area contributed by atoms with Crippen molar-refractivity contribution in [2.45, 2.75) is 12.1 Å². The number of hydrogen-bond donors (Lipinski definition) is 0. The lowest BCUT2D eigenvalue weighted by Crippen LogP contribution is -2.05. The van der Waals surface area contributed by atoms with Gasteiger partial charge in [0.15, 0.2) is 16.7 Å². The Morgan fingerprint density at radius 2 is 1.87 bits per heavy atom. The molecule has 2 heterocycles. The molecule has 6 nitrogen and oxygen atoms in total. The van der Waals surface area contributed by atoms with Crippen LogP contribution < -0.4 is 4.74 Å². The third kappa shape index (κ3) is 4.42. The Kier molecular flexibility index (Phi) is 6.21. The van der Waals surface area contributed by atoms with E-state index >= 15 is 0 Å². The fourth-order valence-electron chi connectivity index (χ4n) is 2.87. The maximum Gasteiger partial charge on any atom is 0.205 e. The first-order chi connectivity index (χ1) is 14.7. The minimum Gasteiger partial charge on any atom is -0.494 e. The maximum atomic E-state index is 12.6. The van der Waals surface area contributed by atoms with Gasteiger partial charge in [-0.25, -0.2) is 0 Å². The summed E-state index contributed by atoms with van der Waals surface area (Å²) in [5, 5.41) is 9.78. The molecule has 0 amide bonds. The number of benzene rings is 2. The summed E-state index contributed by atoms with van der Waals surface area (Å²) in [7, 11) is 0. The lowest BCUT2D eigenvalue weighted by molar-refractivity contribution is 0.102. The summed E-state index contributed by atoms with van der Waals surface area (Å²) in [6.45, 7) is 2.53. The number of Topliss-reactive ketones (excluding diaryl/α,β-unsaturated/α-hetero) is 1. The molecular formula is C22H18ClN3O3S. The molecule has 0 saturated carbocycles. The van der Waals surface area contributed by atoms with Crippen molar-refractivity contribution >= 4 is 29.1 Å². The van der Waals surface area contributed by atoms with Gasteiger partial charge < -0.3 is 9.15 Å². The van der Waals surface area contributed by atoms with Crippen LogP contribution in [0.25, 0.3) is 17.3 Å². The van der Waals surface area contributed by atoms with Gasteiger partial charge in [-0.15, -0.1) is 10.2 Å². The zero-order valence-corrected chi connectivity index (χ0v) is 17.7. The summed E-state index contributed by atoms with van der Waals surface area (Å²) in [5.41, 5.74) is 1.45. The summed E-state index contributed by atoms with van der Waals surface area (Å²) in [6, 6.07) is 18.1. The molecule has 8 heteroatoms. The van der Waals surface area contributed by atoms with Crippen molar-refractivity contribution in [2.24, 2.45) is 0 Å². The molecule has 0 radical (unpaired) electrons. The van der Waals surface area contributed by atoms with Crippen molar-refractivity contribution in [3.63, 3.8) is 0 Å². The largest absolute Gasteiger partial charge is 0.494 e. The van der Waals surface area contributed by atoms with Crippen LogP contribution in [-0.2, 0) is 0 Å². The number of nitrogens with zero attached hydrogens (tertiary/aromatic N) is 3. The molecule has 0 spiro atoms. The van der Waals surface area contributed by atoms with E-state index in [2.05, 4.69) is 10.2 Å². The van der Waals surface area contributed by atoms with Crippen molar-refractivity contribution in [1.82, 2.24) is 14.8 Å². The van der Waals surface area contributed by atoms with E-state index in [1.807, 2.05) is 41.8 Å². The number of ether oxygens (including phenoxy) is 1. The Hall–Kier alpha value is -3.03. The second-order valence-corrected chi connectivity index (χ2v) is 7.64. The predicted molar refractivity (Wildman–Crippen MR) is 117 cm³/mol. The minimum absolute atomic E-state index is 0.0162. The highest BCUT2D eigenvalue weighted by molar-refractivity contribution is 7.99. The Bertz CT molecular complexity index is 1120. The van der Waals surface area contributed by atoms with Gasteiger partial charge in [-0.2, -0.15) is 0 Å². The molecule has 0 saturated heterocycles. The average molecular weight is 440 g/mol. The first kappa shape index (κ1) is 20.3. The summed E-state index contributed by atoms with van der Waals surface area (Å²) in [6.07, 6.45) is 1.59. The van der Waals surface area contributed by atoms with E-state index in [9.17, 15) is 4.79 Å². The van der Waals surface area contributed by atoms with Crippen LogP contribution in [0.1, 0.15) is 17.3 Å². The molecular weight excluding hydrogens is 422 g/mol. The van der Waals surface area contributed by atoms with Gasteiger partial charge in [0.05, 0.1) is 24.3 Å². The van der Waals surface area contributed by atoms with Crippen LogP contribution in [0.3, 0.4) is 0 Å². The molecule has 0 bridgehead atoms. The average Bonchev–Trinajstić information content (AvgIpc) is 3.43. The molecule has 30 heavy (non-hydrogen) atoms. The molecule has 4 rings (SSSR count). The van der Waals surface area contributed by atoms with Crippen LogP contribution >= 0.6 is 23.4 Å². The van der Waals surface area contributed by atoms with E-state index < -0.39 is 0 Å². The number of thioether (sulfide) groups is 1. The van der Waals surface area contributed by atoms with Crippen molar-refractivity contribution in [3.8, 4) is 23.0 Å². The van der Waals surface area contributed by atoms with Gasteiger partial charge in [0.25, 0.3) is 0 Å². The first-order valence-corrected chi connectivity index (χ1v) is 10.7. The zero-order valence-electron chi connectivity index (χ0n) is 16.1. The number of rotatable bonds is 8. The highest BCUT2D eigenvalue weighted by Gasteiger charge is 2.19.